The molecule has 6 nitrogen and oxygen atoms in total. The van der Waals surface area contributed by atoms with Crippen LogP contribution < -0.4 is 10.9 Å². The van der Waals surface area contributed by atoms with Crippen LogP contribution in [0.4, 0.5) is 19.0 Å². The Morgan fingerprint density at radius 2 is 1.78 bits per heavy atom. The molecular formula is C17H16F3N3O3S. The zero-order valence-corrected chi connectivity index (χ0v) is 14.9. The van der Waals surface area contributed by atoms with Gasteiger partial charge in [0.2, 0.25) is 5.91 Å². The van der Waals surface area contributed by atoms with Crippen molar-refractivity contribution in [2.45, 2.75) is 24.1 Å². The summed E-state index contributed by atoms with van der Waals surface area (Å²) >= 11 is 1.06. The number of hydrogen-bond donors (Lipinski definition) is 2. The van der Waals surface area contributed by atoms with Gasteiger partial charge >= 0.3 is 0 Å². The van der Waals surface area contributed by atoms with Crippen LogP contribution in [0.2, 0.25) is 0 Å². The van der Waals surface area contributed by atoms with Gasteiger partial charge in [0.15, 0.2) is 17.5 Å². The summed E-state index contributed by atoms with van der Waals surface area (Å²) in [5, 5.41) is 4.64. The number of halogens is 3. The number of carbonyl (C=O) groups excluding carboxylic acids is 1. The lowest BCUT2D eigenvalue weighted by atomic mass is 10.0. The van der Waals surface area contributed by atoms with Gasteiger partial charge in [0, 0.05) is 13.2 Å². The van der Waals surface area contributed by atoms with Crippen molar-refractivity contribution in [3.8, 4) is 0 Å². The normalized spacial score (nSPS) is 20.9. The van der Waals surface area contributed by atoms with Gasteiger partial charge in [0.25, 0.3) is 5.56 Å². The summed E-state index contributed by atoms with van der Waals surface area (Å²) in [5.74, 6) is -4.29. The Kier molecular flexibility index (Phi) is 4.77. The average Bonchev–Trinajstić information content (AvgIpc) is 2.85. The van der Waals surface area contributed by atoms with Crippen LogP contribution >= 0.6 is 11.8 Å². The Morgan fingerprint density at radius 3 is 2.44 bits per heavy atom. The maximum absolute atomic E-state index is 13.7. The van der Waals surface area contributed by atoms with Crippen molar-refractivity contribution in [2.75, 3.05) is 24.3 Å². The number of benzene rings is 1. The van der Waals surface area contributed by atoms with E-state index in [0.29, 0.717) is 26.1 Å². The van der Waals surface area contributed by atoms with Crippen LogP contribution in [0.5, 0.6) is 0 Å². The molecule has 2 aromatic rings. The highest BCUT2D eigenvalue weighted by molar-refractivity contribution is 8.00. The quantitative estimate of drug-likeness (QED) is 0.762. The predicted molar refractivity (Wildman–Crippen MR) is 93.4 cm³/mol. The lowest BCUT2D eigenvalue weighted by Crippen LogP contribution is -2.24. The van der Waals surface area contributed by atoms with Crippen LogP contribution in [0.25, 0.3) is 0 Å². The van der Waals surface area contributed by atoms with E-state index in [0.717, 1.165) is 23.9 Å². The second-order valence-corrected chi connectivity index (χ2v) is 7.55. The molecule has 1 atom stereocenters. The molecule has 4 rings (SSSR count). The minimum atomic E-state index is -1.57. The summed E-state index contributed by atoms with van der Waals surface area (Å²) in [4.78, 5) is 24.8. The maximum Gasteiger partial charge on any atom is 0.270 e. The average molecular weight is 399 g/mol. The molecule has 0 unspecified atom stereocenters. The van der Waals surface area contributed by atoms with Crippen LogP contribution in [-0.2, 0) is 9.53 Å². The van der Waals surface area contributed by atoms with Gasteiger partial charge in [-0.05, 0) is 30.5 Å². The minimum absolute atomic E-state index is 0.00677. The third-order valence-corrected chi connectivity index (χ3v) is 6.00. The number of aromatic nitrogens is 2. The van der Waals surface area contributed by atoms with E-state index in [1.807, 2.05) is 0 Å². The Balaban J connectivity index is 1.84. The Bertz CT molecular complexity index is 930. The van der Waals surface area contributed by atoms with E-state index in [4.69, 9.17) is 4.74 Å². The fraction of sp³-hybridized carbons (Fsp3) is 0.412. The third kappa shape index (κ3) is 3.27. The molecular weight excluding hydrogens is 383 g/mol. The second-order valence-electron chi connectivity index (χ2n) is 6.45. The van der Waals surface area contributed by atoms with Gasteiger partial charge in [-0.25, -0.2) is 13.2 Å². The number of ether oxygens (including phenoxy) is 1. The number of fused-ring (bicyclic) bond motifs is 1. The van der Waals surface area contributed by atoms with E-state index in [2.05, 4.69) is 10.4 Å². The van der Waals surface area contributed by atoms with Gasteiger partial charge in [0.05, 0.1) is 22.6 Å². The summed E-state index contributed by atoms with van der Waals surface area (Å²) in [6.07, 6.45) is 1.31. The highest BCUT2D eigenvalue weighted by atomic mass is 32.2. The Labute approximate surface area is 156 Å². The minimum Gasteiger partial charge on any atom is -0.381 e. The summed E-state index contributed by atoms with van der Waals surface area (Å²) in [5.41, 5.74) is -0.173. The number of carbonyl (C=O) groups is 1. The van der Waals surface area contributed by atoms with Crippen molar-refractivity contribution in [1.82, 2.24) is 9.78 Å². The van der Waals surface area contributed by atoms with Gasteiger partial charge in [-0.1, -0.05) is 0 Å². The zero-order chi connectivity index (χ0) is 19.1. The van der Waals surface area contributed by atoms with Crippen molar-refractivity contribution in [3.05, 3.63) is 51.1 Å². The molecule has 1 fully saturated rings. The van der Waals surface area contributed by atoms with E-state index in [9.17, 15) is 22.8 Å². The number of amides is 1. The molecule has 2 N–H and O–H groups in total. The van der Waals surface area contributed by atoms with Crippen molar-refractivity contribution >= 4 is 23.5 Å². The van der Waals surface area contributed by atoms with Gasteiger partial charge < -0.3 is 10.1 Å². The number of hydrogen-bond acceptors (Lipinski definition) is 4. The number of thioether (sulfide) groups is 1. The Morgan fingerprint density at radius 1 is 1.11 bits per heavy atom. The van der Waals surface area contributed by atoms with Crippen LogP contribution in [0.15, 0.2) is 16.9 Å². The molecule has 3 heterocycles. The van der Waals surface area contributed by atoms with E-state index in [1.165, 1.54) is 0 Å². The molecule has 1 aromatic heterocycles. The first-order valence-corrected chi connectivity index (χ1v) is 9.48. The monoisotopic (exact) mass is 399 g/mol. The fourth-order valence-electron chi connectivity index (χ4n) is 3.45. The lowest BCUT2D eigenvalue weighted by molar-refractivity contribution is -0.113. The van der Waals surface area contributed by atoms with Crippen LogP contribution in [-0.4, -0.2) is 34.7 Å². The number of aromatic amines is 1. The molecule has 2 aliphatic heterocycles. The van der Waals surface area contributed by atoms with E-state index in [1.54, 1.807) is 4.68 Å². The SMILES string of the molecule is O=C1CS[C@H](c2cc(F)c(F)c(F)c2)c2c(n(C3CCOCC3)[nH]c2=O)N1. The first-order chi connectivity index (χ1) is 13.0. The summed E-state index contributed by atoms with van der Waals surface area (Å²) in [7, 11) is 0. The van der Waals surface area contributed by atoms with Gasteiger partial charge in [0.1, 0.15) is 5.82 Å². The highest BCUT2D eigenvalue weighted by Crippen LogP contribution is 2.41. The van der Waals surface area contributed by atoms with Crippen molar-refractivity contribution in [1.29, 1.82) is 0 Å². The molecule has 1 amide bonds. The molecule has 2 aliphatic rings. The molecule has 144 valence electrons. The number of nitrogens with one attached hydrogen (secondary N) is 2. The largest absolute Gasteiger partial charge is 0.381 e. The first-order valence-electron chi connectivity index (χ1n) is 8.43. The number of nitrogens with zero attached hydrogens (tertiary/aromatic N) is 1. The van der Waals surface area contributed by atoms with Crippen molar-refractivity contribution in [2.24, 2.45) is 0 Å². The van der Waals surface area contributed by atoms with Gasteiger partial charge in [-0.2, -0.15) is 0 Å². The van der Waals surface area contributed by atoms with Crippen LogP contribution in [0.1, 0.15) is 35.3 Å². The van der Waals surface area contributed by atoms with Gasteiger partial charge in [-0.15, -0.1) is 11.8 Å². The number of anilines is 1. The molecule has 1 saturated heterocycles. The number of rotatable bonds is 2. The standard InChI is InChI=1S/C17H16F3N3O3S/c18-10-5-8(6-11(19)14(10)20)15-13-16(21-12(24)7-27-15)23(22-17(13)25)9-1-3-26-4-2-9/h5-6,9,15H,1-4,7H2,(H,21,24)(H,22,25)/t15-/m1/s1. The molecule has 0 bridgehead atoms. The first kappa shape index (κ1) is 18.2. The molecule has 27 heavy (non-hydrogen) atoms. The van der Waals surface area contributed by atoms with E-state index >= 15 is 0 Å². The fourth-order valence-corrected chi connectivity index (χ4v) is 4.55. The predicted octanol–water partition coefficient (Wildman–Crippen LogP) is 2.72. The molecule has 0 aliphatic carbocycles. The molecule has 1 aromatic carbocycles. The molecule has 0 saturated carbocycles. The maximum atomic E-state index is 13.7. The molecule has 10 heteroatoms. The van der Waals surface area contributed by atoms with Gasteiger partial charge in [-0.3, -0.25) is 19.4 Å². The van der Waals surface area contributed by atoms with Crippen molar-refractivity contribution in [3.63, 3.8) is 0 Å². The molecule has 0 radical (unpaired) electrons. The Hall–Kier alpha value is -2.20. The van der Waals surface area contributed by atoms with Crippen LogP contribution in [0.3, 0.4) is 0 Å². The number of H-pyrrole nitrogens is 1. The summed E-state index contributed by atoms with van der Waals surface area (Å²) in [6.45, 7) is 1.06. The lowest BCUT2D eigenvalue weighted by Gasteiger charge is -2.25. The third-order valence-electron chi connectivity index (χ3n) is 4.73. The summed E-state index contributed by atoms with van der Waals surface area (Å²) < 4.78 is 47.7. The summed E-state index contributed by atoms with van der Waals surface area (Å²) in [6, 6.07) is 1.66. The van der Waals surface area contributed by atoms with Crippen molar-refractivity contribution < 1.29 is 22.7 Å². The van der Waals surface area contributed by atoms with Crippen LogP contribution in [0, 0.1) is 17.5 Å². The molecule has 0 spiro atoms. The van der Waals surface area contributed by atoms with E-state index < -0.39 is 28.3 Å². The topological polar surface area (TPSA) is 76.1 Å². The highest BCUT2D eigenvalue weighted by Gasteiger charge is 2.33. The second kappa shape index (κ2) is 7.08. The smallest absolute Gasteiger partial charge is 0.270 e. The van der Waals surface area contributed by atoms with E-state index in [-0.39, 0.29) is 34.6 Å². The zero-order valence-electron chi connectivity index (χ0n) is 14.1.